The molecule has 1 amide bonds. The highest BCUT2D eigenvalue weighted by Crippen LogP contribution is 2.46. The minimum Gasteiger partial charge on any atom is -0.494 e. The SMILES string of the molecule is CCOc1ccccc1C1C(C#N)=C(SCC(=O)Nc2ccc(C)c(Cl)c2)NC2=C1C(=O)CCC2. The van der Waals surface area contributed by atoms with Gasteiger partial charge in [-0.05, 0) is 50.5 Å². The number of carbonyl (C=O) groups excluding carboxylic acids is 2. The quantitative estimate of drug-likeness (QED) is 0.488. The molecule has 6 nitrogen and oxygen atoms in total. The zero-order chi connectivity index (χ0) is 24.9. The molecule has 0 saturated heterocycles. The van der Waals surface area contributed by atoms with Crippen molar-refractivity contribution in [2.24, 2.45) is 0 Å². The number of hydrogen-bond acceptors (Lipinski definition) is 6. The van der Waals surface area contributed by atoms with Gasteiger partial charge in [0.1, 0.15) is 5.75 Å². The first-order valence-corrected chi connectivity index (χ1v) is 12.9. The summed E-state index contributed by atoms with van der Waals surface area (Å²) in [5.74, 6) is 0.0367. The molecule has 2 aliphatic rings. The fourth-order valence-corrected chi connectivity index (χ4v) is 5.40. The van der Waals surface area contributed by atoms with Crippen LogP contribution >= 0.6 is 23.4 Å². The Morgan fingerprint density at radius 2 is 2.09 bits per heavy atom. The van der Waals surface area contributed by atoms with E-state index >= 15 is 0 Å². The van der Waals surface area contributed by atoms with Crippen LogP contribution in [0, 0.1) is 18.3 Å². The maximum Gasteiger partial charge on any atom is 0.234 e. The number of ether oxygens (including phenoxy) is 1. The molecule has 1 atom stereocenters. The van der Waals surface area contributed by atoms with E-state index in [1.165, 1.54) is 11.8 Å². The molecule has 2 aromatic rings. The Hall–Kier alpha value is -3.21. The lowest BCUT2D eigenvalue weighted by molar-refractivity contribution is -0.116. The summed E-state index contributed by atoms with van der Waals surface area (Å²) < 4.78 is 5.85. The number of thioether (sulfide) groups is 1. The van der Waals surface area contributed by atoms with E-state index in [-0.39, 0.29) is 17.4 Å². The van der Waals surface area contributed by atoms with E-state index in [1.54, 1.807) is 12.1 Å². The zero-order valence-corrected chi connectivity index (χ0v) is 21.2. The maximum atomic E-state index is 13.0. The molecule has 180 valence electrons. The fraction of sp³-hybridized carbons (Fsp3) is 0.296. The van der Waals surface area contributed by atoms with Gasteiger partial charge in [0.15, 0.2) is 5.78 Å². The lowest BCUT2D eigenvalue weighted by Gasteiger charge is -2.33. The number of aryl methyl sites for hydroxylation is 1. The van der Waals surface area contributed by atoms with Gasteiger partial charge in [-0.3, -0.25) is 9.59 Å². The normalized spacial score (nSPS) is 17.4. The van der Waals surface area contributed by atoms with Crippen LogP contribution < -0.4 is 15.4 Å². The van der Waals surface area contributed by atoms with Crippen molar-refractivity contribution in [2.45, 2.75) is 39.0 Å². The molecule has 0 saturated carbocycles. The average Bonchev–Trinajstić information content (AvgIpc) is 2.85. The van der Waals surface area contributed by atoms with Gasteiger partial charge in [-0.2, -0.15) is 5.26 Å². The van der Waals surface area contributed by atoms with Crippen molar-refractivity contribution < 1.29 is 14.3 Å². The molecular formula is C27H26ClN3O3S. The minimum atomic E-state index is -0.534. The number of ketones is 1. The van der Waals surface area contributed by atoms with E-state index in [0.29, 0.717) is 52.1 Å². The van der Waals surface area contributed by atoms with Crippen LogP contribution in [-0.2, 0) is 9.59 Å². The number of para-hydroxylation sites is 1. The molecule has 0 fully saturated rings. The summed E-state index contributed by atoms with van der Waals surface area (Å²) in [4.78, 5) is 25.7. The summed E-state index contributed by atoms with van der Waals surface area (Å²) in [5, 5.41) is 17.5. The van der Waals surface area contributed by atoms with E-state index in [4.69, 9.17) is 16.3 Å². The molecule has 4 rings (SSSR count). The molecule has 2 aromatic carbocycles. The Labute approximate surface area is 214 Å². The fourth-order valence-electron chi connectivity index (χ4n) is 4.36. The van der Waals surface area contributed by atoms with Crippen molar-refractivity contribution in [3.05, 3.63) is 80.5 Å². The molecule has 1 aliphatic heterocycles. The summed E-state index contributed by atoms with van der Waals surface area (Å²) in [6.45, 7) is 4.27. The molecule has 8 heteroatoms. The summed E-state index contributed by atoms with van der Waals surface area (Å²) in [6, 6.07) is 15.2. The summed E-state index contributed by atoms with van der Waals surface area (Å²) >= 11 is 7.42. The van der Waals surface area contributed by atoms with Gasteiger partial charge in [-0.15, -0.1) is 0 Å². The summed E-state index contributed by atoms with van der Waals surface area (Å²) in [6.07, 6.45) is 1.92. The number of hydrogen-bond donors (Lipinski definition) is 2. The van der Waals surface area contributed by atoms with Crippen LogP contribution in [-0.4, -0.2) is 24.1 Å². The standard InChI is InChI=1S/C27H26ClN3O3S/c1-3-34-23-10-5-4-7-18(23)25-19(14-29)27(31-21-8-6-9-22(32)26(21)25)35-15-24(33)30-17-12-11-16(2)20(28)13-17/h4-5,7,10-13,25,31H,3,6,8-9,15H2,1-2H3,(H,30,33). The van der Waals surface area contributed by atoms with Gasteiger partial charge in [0.25, 0.3) is 0 Å². The van der Waals surface area contributed by atoms with Crippen LogP contribution in [0.2, 0.25) is 5.02 Å². The van der Waals surface area contributed by atoms with Gasteiger partial charge in [0.2, 0.25) is 5.91 Å². The Kier molecular flexibility index (Phi) is 7.84. The molecule has 0 aromatic heterocycles. The van der Waals surface area contributed by atoms with Crippen molar-refractivity contribution in [1.29, 1.82) is 5.26 Å². The van der Waals surface area contributed by atoms with Crippen LogP contribution in [0.1, 0.15) is 43.2 Å². The second-order valence-electron chi connectivity index (χ2n) is 8.35. The Bertz CT molecular complexity index is 1280. The first kappa shape index (κ1) is 24.9. The van der Waals surface area contributed by atoms with Gasteiger partial charge in [0.05, 0.1) is 34.9 Å². The number of anilines is 1. The number of halogens is 1. The molecule has 1 heterocycles. The second-order valence-corrected chi connectivity index (χ2v) is 9.75. The smallest absolute Gasteiger partial charge is 0.234 e. The monoisotopic (exact) mass is 507 g/mol. The first-order chi connectivity index (χ1) is 16.9. The third-order valence-electron chi connectivity index (χ3n) is 6.00. The number of dihydropyridines is 1. The zero-order valence-electron chi connectivity index (χ0n) is 19.6. The van der Waals surface area contributed by atoms with E-state index in [0.717, 1.165) is 23.2 Å². The van der Waals surface area contributed by atoms with Crippen molar-refractivity contribution in [3.8, 4) is 11.8 Å². The van der Waals surface area contributed by atoms with Gasteiger partial charge >= 0.3 is 0 Å². The number of amides is 1. The number of Topliss-reactive ketones (excluding diaryl/α,β-unsaturated/α-hetero) is 1. The highest BCUT2D eigenvalue weighted by atomic mass is 35.5. The first-order valence-electron chi connectivity index (χ1n) is 11.5. The number of carbonyl (C=O) groups is 2. The molecule has 1 aliphatic carbocycles. The number of nitrogens with zero attached hydrogens (tertiary/aromatic N) is 1. The lowest BCUT2D eigenvalue weighted by Crippen LogP contribution is -2.32. The van der Waals surface area contributed by atoms with Crippen LogP contribution in [0.25, 0.3) is 0 Å². The summed E-state index contributed by atoms with van der Waals surface area (Å²) in [5.41, 5.74) is 4.20. The Balaban J connectivity index is 1.64. The Morgan fingerprint density at radius 1 is 1.29 bits per heavy atom. The predicted molar refractivity (Wildman–Crippen MR) is 139 cm³/mol. The Morgan fingerprint density at radius 3 is 2.83 bits per heavy atom. The number of rotatable bonds is 7. The highest BCUT2D eigenvalue weighted by molar-refractivity contribution is 8.03. The topological polar surface area (TPSA) is 91.2 Å². The van der Waals surface area contributed by atoms with Gasteiger partial charge in [-0.25, -0.2) is 0 Å². The van der Waals surface area contributed by atoms with Crippen molar-refractivity contribution in [1.82, 2.24) is 5.32 Å². The van der Waals surface area contributed by atoms with Crippen molar-refractivity contribution in [2.75, 3.05) is 17.7 Å². The van der Waals surface area contributed by atoms with Gasteiger partial charge in [0, 0.05) is 34.0 Å². The van der Waals surface area contributed by atoms with Crippen molar-refractivity contribution >= 4 is 40.7 Å². The van der Waals surface area contributed by atoms with E-state index in [2.05, 4.69) is 16.7 Å². The average molecular weight is 508 g/mol. The van der Waals surface area contributed by atoms with E-state index in [1.807, 2.05) is 44.2 Å². The lowest BCUT2D eigenvalue weighted by atomic mass is 9.76. The van der Waals surface area contributed by atoms with E-state index < -0.39 is 5.92 Å². The second kappa shape index (κ2) is 11.0. The number of allylic oxidation sites excluding steroid dienone is 3. The molecule has 2 N–H and O–H groups in total. The summed E-state index contributed by atoms with van der Waals surface area (Å²) in [7, 11) is 0. The largest absolute Gasteiger partial charge is 0.494 e. The molecule has 0 bridgehead atoms. The highest BCUT2D eigenvalue weighted by Gasteiger charge is 2.38. The molecule has 35 heavy (non-hydrogen) atoms. The van der Waals surface area contributed by atoms with Crippen LogP contribution in [0.3, 0.4) is 0 Å². The van der Waals surface area contributed by atoms with Gasteiger partial charge in [-0.1, -0.05) is 47.6 Å². The van der Waals surface area contributed by atoms with Crippen LogP contribution in [0.5, 0.6) is 5.75 Å². The van der Waals surface area contributed by atoms with Gasteiger partial charge < -0.3 is 15.4 Å². The number of nitrogens with one attached hydrogen (secondary N) is 2. The third kappa shape index (κ3) is 5.39. The minimum absolute atomic E-state index is 0.0424. The third-order valence-corrected chi connectivity index (χ3v) is 7.42. The van der Waals surface area contributed by atoms with Crippen LogP contribution in [0.4, 0.5) is 5.69 Å². The maximum absolute atomic E-state index is 13.0. The van der Waals surface area contributed by atoms with E-state index in [9.17, 15) is 14.9 Å². The predicted octanol–water partition coefficient (Wildman–Crippen LogP) is 5.85. The molecule has 0 radical (unpaired) electrons. The molecule has 0 spiro atoms. The molecular weight excluding hydrogens is 482 g/mol. The molecule has 1 unspecified atom stereocenters. The number of benzene rings is 2. The number of nitriles is 1. The van der Waals surface area contributed by atoms with Crippen LogP contribution in [0.15, 0.2) is 64.3 Å². The van der Waals surface area contributed by atoms with Crippen molar-refractivity contribution in [3.63, 3.8) is 0 Å².